The van der Waals surface area contributed by atoms with E-state index in [1.807, 2.05) is 24.4 Å². The number of aromatic nitrogens is 5. The minimum Gasteiger partial charge on any atom is -0.306 e. The van der Waals surface area contributed by atoms with E-state index in [-0.39, 0.29) is 0 Å². The number of halogens is 1. The first-order valence-electron chi connectivity index (χ1n) is 9.22. The summed E-state index contributed by atoms with van der Waals surface area (Å²) in [7, 11) is 0. The van der Waals surface area contributed by atoms with Gasteiger partial charge in [0.15, 0.2) is 5.82 Å². The van der Waals surface area contributed by atoms with Gasteiger partial charge in [-0.1, -0.05) is 11.6 Å². The lowest BCUT2D eigenvalue weighted by Crippen LogP contribution is -2.20. The third kappa shape index (κ3) is 2.73. The second kappa shape index (κ2) is 6.52. The maximum absolute atomic E-state index is 6.21. The molecule has 0 saturated heterocycles. The monoisotopic (exact) mass is 368 g/mol. The highest BCUT2D eigenvalue weighted by atomic mass is 35.5. The van der Waals surface area contributed by atoms with Gasteiger partial charge in [-0.25, -0.2) is 0 Å². The third-order valence-electron chi connectivity index (χ3n) is 5.60. The summed E-state index contributed by atoms with van der Waals surface area (Å²) in [6, 6.07) is 8.59. The van der Waals surface area contributed by atoms with Crippen LogP contribution in [0.2, 0.25) is 5.02 Å². The predicted molar refractivity (Wildman–Crippen MR) is 99.4 cm³/mol. The Bertz CT molecular complexity index is 908. The Balaban J connectivity index is 1.46. The molecule has 26 heavy (non-hydrogen) atoms. The van der Waals surface area contributed by atoms with Crippen LogP contribution >= 0.6 is 11.6 Å². The molecule has 1 fully saturated rings. The Morgan fingerprint density at radius 1 is 1.08 bits per heavy atom. The highest BCUT2D eigenvalue weighted by molar-refractivity contribution is 6.30. The molecule has 3 aromatic rings. The number of hydrogen-bond donors (Lipinski definition) is 1. The Kier molecular flexibility index (Phi) is 4.02. The average Bonchev–Trinajstić information content (AvgIpc) is 3.30. The van der Waals surface area contributed by atoms with Crippen molar-refractivity contribution in [2.24, 2.45) is 0 Å². The Hall–Kier alpha value is -2.18. The number of benzene rings is 1. The fraction of sp³-hybridized carbons (Fsp3) is 0.421. The van der Waals surface area contributed by atoms with Gasteiger partial charge in [-0.2, -0.15) is 5.10 Å². The molecule has 0 radical (unpaired) electrons. The van der Waals surface area contributed by atoms with E-state index in [1.54, 1.807) is 0 Å². The fourth-order valence-electron chi connectivity index (χ4n) is 4.29. The van der Waals surface area contributed by atoms with E-state index >= 15 is 0 Å². The molecule has 0 unspecified atom stereocenters. The second-order valence-electron chi connectivity index (χ2n) is 7.18. The van der Waals surface area contributed by atoms with Crippen LogP contribution in [0.15, 0.2) is 36.7 Å². The zero-order chi connectivity index (χ0) is 17.5. The van der Waals surface area contributed by atoms with Gasteiger partial charge < -0.3 is 5.32 Å². The van der Waals surface area contributed by atoms with Crippen LogP contribution in [0.3, 0.4) is 0 Å². The summed E-state index contributed by atoms with van der Waals surface area (Å²) in [6.07, 6.45) is 8.40. The summed E-state index contributed by atoms with van der Waals surface area (Å²) < 4.78 is 4.35. The molecule has 1 saturated carbocycles. The Morgan fingerprint density at radius 3 is 2.77 bits per heavy atom. The molecule has 134 valence electrons. The van der Waals surface area contributed by atoms with Crippen molar-refractivity contribution < 1.29 is 0 Å². The summed E-state index contributed by atoms with van der Waals surface area (Å²) in [4.78, 5) is 0. The van der Waals surface area contributed by atoms with Gasteiger partial charge in [0.05, 0.1) is 18.3 Å². The number of hydrogen-bond acceptors (Lipinski definition) is 4. The molecule has 0 bridgehead atoms. The van der Waals surface area contributed by atoms with Crippen LogP contribution in [0.4, 0.5) is 0 Å². The number of fused-ring (bicyclic) bond motifs is 3. The molecule has 2 aliphatic rings. The van der Waals surface area contributed by atoms with E-state index in [1.165, 1.54) is 5.56 Å². The third-order valence-corrected chi connectivity index (χ3v) is 5.83. The molecule has 1 aliphatic heterocycles. The number of nitrogens with one attached hydrogen (secondary N) is 1. The maximum Gasteiger partial charge on any atom is 0.151 e. The molecular formula is C19H21ClN6. The SMILES string of the molecule is Clc1ccc2c(c1)CNCc1nnc(C3CCC(n4cccn4)CC3)n1-2. The van der Waals surface area contributed by atoms with Crippen molar-refractivity contribution in [2.75, 3.05) is 0 Å². The van der Waals surface area contributed by atoms with Crippen molar-refractivity contribution in [3.8, 4) is 5.69 Å². The molecule has 2 aromatic heterocycles. The molecule has 1 aromatic carbocycles. The van der Waals surface area contributed by atoms with E-state index in [4.69, 9.17) is 11.6 Å². The predicted octanol–water partition coefficient (Wildman–Crippen LogP) is 3.62. The lowest BCUT2D eigenvalue weighted by atomic mass is 9.85. The molecule has 6 nitrogen and oxygen atoms in total. The van der Waals surface area contributed by atoms with Crippen LogP contribution in [-0.2, 0) is 13.1 Å². The molecule has 1 aliphatic carbocycles. The first kappa shape index (κ1) is 16.0. The van der Waals surface area contributed by atoms with E-state index in [2.05, 4.69) is 42.1 Å². The summed E-state index contributed by atoms with van der Waals surface area (Å²) >= 11 is 6.21. The molecule has 0 spiro atoms. The van der Waals surface area contributed by atoms with Crippen molar-refractivity contribution in [3.05, 3.63) is 58.9 Å². The van der Waals surface area contributed by atoms with E-state index in [0.717, 1.165) is 61.1 Å². The van der Waals surface area contributed by atoms with E-state index < -0.39 is 0 Å². The van der Waals surface area contributed by atoms with Crippen molar-refractivity contribution in [1.29, 1.82) is 0 Å². The van der Waals surface area contributed by atoms with Crippen molar-refractivity contribution in [3.63, 3.8) is 0 Å². The van der Waals surface area contributed by atoms with Crippen LogP contribution in [0.25, 0.3) is 5.69 Å². The number of nitrogens with zero attached hydrogens (tertiary/aromatic N) is 5. The zero-order valence-electron chi connectivity index (χ0n) is 14.5. The Morgan fingerprint density at radius 2 is 1.96 bits per heavy atom. The highest BCUT2D eigenvalue weighted by Crippen LogP contribution is 2.38. The molecule has 7 heteroatoms. The van der Waals surface area contributed by atoms with Crippen molar-refractivity contribution in [1.82, 2.24) is 29.9 Å². The molecule has 0 atom stereocenters. The van der Waals surface area contributed by atoms with Gasteiger partial charge >= 0.3 is 0 Å². The standard InChI is InChI=1S/C19H21ClN6/c20-15-4-7-17-14(10-15)11-21-12-18-23-24-19(26(17)18)13-2-5-16(6-3-13)25-9-1-8-22-25/h1,4,7-10,13,16,21H,2-3,5-6,11-12H2. The van der Waals surface area contributed by atoms with Crippen LogP contribution in [-0.4, -0.2) is 24.5 Å². The maximum atomic E-state index is 6.21. The average molecular weight is 369 g/mol. The van der Waals surface area contributed by atoms with Crippen LogP contribution < -0.4 is 5.32 Å². The smallest absolute Gasteiger partial charge is 0.151 e. The Labute approximate surface area is 157 Å². The molecule has 0 amide bonds. The minimum absolute atomic E-state index is 0.435. The molecular weight excluding hydrogens is 348 g/mol. The molecule has 1 N–H and O–H groups in total. The second-order valence-corrected chi connectivity index (χ2v) is 7.61. The molecule has 5 rings (SSSR count). The van der Waals surface area contributed by atoms with Crippen molar-refractivity contribution in [2.45, 2.75) is 50.7 Å². The van der Waals surface area contributed by atoms with Gasteiger partial charge in [-0.15, -0.1) is 10.2 Å². The normalized spacial score (nSPS) is 22.5. The first-order valence-corrected chi connectivity index (χ1v) is 9.60. The van der Waals surface area contributed by atoms with Gasteiger partial charge in [0.2, 0.25) is 0 Å². The summed E-state index contributed by atoms with van der Waals surface area (Å²) in [6.45, 7) is 1.52. The van der Waals surface area contributed by atoms with E-state index in [9.17, 15) is 0 Å². The zero-order valence-corrected chi connectivity index (χ0v) is 15.2. The van der Waals surface area contributed by atoms with Gasteiger partial charge in [0, 0.05) is 29.9 Å². The molecule has 3 heterocycles. The lowest BCUT2D eigenvalue weighted by Gasteiger charge is -2.28. The topological polar surface area (TPSA) is 60.6 Å². The lowest BCUT2D eigenvalue weighted by molar-refractivity contribution is 0.297. The fourth-order valence-corrected chi connectivity index (χ4v) is 4.48. The largest absolute Gasteiger partial charge is 0.306 e. The highest BCUT2D eigenvalue weighted by Gasteiger charge is 2.29. The summed E-state index contributed by atoms with van der Waals surface area (Å²) in [5.41, 5.74) is 2.35. The van der Waals surface area contributed by atoms with Crippen LogP contribution in [0.1, 0.15) is 54.9 Å². The first-order chi connectivity index (χ1) is 12.8. The number of rotatable bonds is 2. The van der Waals surface area contributed by atoms with Crippen LogP contribution in [0.5, 0.6) is 0 Å². The summed E-state index contributed by atoms with van der Waals surface area (Å²) in [5.74, 6) is 2.51. The van der Waals surface area contributed by atoms with Gasteiger partial charge in [0.25, 0.3) is 0 Å². The van der Waals surface area contributed by atoms with Gasteiger partial charge in [0.1, 0.15) is 5.82 Å². The van der Waals surface area contributed by atoms with Gasteiger partial charge in [-0.3, -0.25) is 9.25 Å². The van der Waals surface area contributed by atoms with Crippen molar-refractivity contribution >= 4 is 11.6 Å². The quantitative estimate of drug-likeness (QED) is 0.750. The van der Waals surface area contributed by atoms with Gasteiger partial charge in [-0.05, 0) is 55.5 Å². The van der Waals surface area contributed by atoms with Crippen LogP contribution in [0, 0.1) is 0 Å². The van der Waals surface area contributed by atoms with E-state index in [0.29, 0.717) is 12.0 Å². The minimum atomic E-state index is 0.435. The summed E-state index contributed by atoms with van der Waals surface area (Å²) in [5, 5.41) is 17.7.